The van der Waals surface area contributed by atoms with Gasteiger partial charge in [0.25, 0.3) is 0 Å². The van der Waals surface area contributed by atoms with Crippen molar-refractivity contribution in [3.63, 3.8) is 0 Å². The van der Waals surface area contributed by atoms with Gasteiger partial charge in [-0.25, -0.2) is 0 Å². The third kappa shape index (κ3) is 2.47. The van der Waals surface area contributed by atoms with Gasteiger partial charge in [0.15, 0.2) is 0 Å². The number of hydrogen-bond acceptors (Lipinski definition) is 2. The Bertz CT molecular complexity index is 268. The Hall–Kier alpha value is -0.0116. The van der Waals surface area contributed by atoms with Crippen molar-refractivity contribution in [1.82, 2.24) is 0 Å². The van der Waals surface area contributed by atoms with E-state index in [1.165, 1.54) is 5.56 Å². The predicted octanol–water partition coefficient (Wildman–Crippen LogP) is 2.39. The van der Waals surface area contributed by atoms with E-state index in [9.17, 15) is 0 Å². The molecule has 0 N–H and O–H groups in total. The molecule has 4 heteroatoms. The average Bonchev–Trinajstić information content (AvgIpc) is 2.19. The van der Waals surface area contributed by atoms with Crippen molar-refractivity contribution in [3.05, 3.63) is 35.9 Å². The fraction of sp³-hybridized carbons (Fsp3) is 0.333. The first-order valence-corrected chi connectivity index (χ1v) is 8.16. The molecule has 2 rings (SSSR count). The fourth-order valence-corrected chi connectivity index (χ4v) is 3.71. The van der Waals surface area contributed by atoms with Crippen LogP contribution in [0.15, 0.2) is 30.3 Å². The number of benzene rings is 1. The molecule has 1 saturated heterocycles. The summed E-state index contributed by atoms with van der Waals surface area (Å²) >= 11 is -1.91. The quantitative estimate of drug-likeness (QED) is 0.722. The molecule has 0 amide bonds. The summed E-state index contributed by atoms with van der Waals surface area (Å²) in [6.45, 7) is 0.725. The van der Waals surface area contributed by atoms with Gasteiger partial charge in [-0.2, -0.15) is 0 Å². The van der Waals surface area contributed by atoms with Crippen LogP contribution in [0.3, 0.4) is 0 Å². The van der Waals surface area contributed by atoms with E-state index in [-0.39, 0.29) is 6.10 Å². The van der Waals surface area contributed by atoms with Crippen LogP contribution in [0.1, 0.15) is 18.1 Å². The second kappa shape index (κ2) is 4.47. The summed E-state index contributed by atoms with van der Waals surface area (Å²) in [5, 5.41) is 0. The molecule has 0 aliphatic carbocycles. The summed E-state index contributed by atoms with van der Waals surface area (Å²) in [6.07, 6.45) is 1.05. The van der Waals surface area contributed by atoms with E-state index in [0.717, 1.165) is 13.0 Å². The van der Waals surface area contributed by atoms with Gasteiger partial charge in [-0.1, -0.05) is 0 Å². The van der Waals surface area contributed by atoms with E-state index < -0.39 is 14.4 Å². The van der Waals surface area contributed by atoms with Crippen molar-refractivity contribution in [2.45, 2.75) is 12.5 Å². The summed E-state index contributed by atoms with van der Waals surface area (Å²) in [4.78, 5) is 0. The molecule has 1 aromatic carbocycles. The molecule has 0 radical (unpaired) electrons. The van der Waals surface area contributed by atoms with Gasteiger partial charge in [-0.15, -0.1) is 0 Å². The van der Waals surface area contributed by atoms with Gasteiger partial charge in [0.2, 0.25) is 0 Å². The van der Waals surface area contributed by atoms with Crippen molar-refractivity contribution in [2.24, 2.45) is 0 Å². The summed E-state index contributed by atoms with van der Waals surface area (Å²) in [7, 11) is 5.86. The molecule has 2 nitrogen and oxygen atoms in total. The summed E-state index contributed by atoms with van der Waals surface area (Å²) in [5.41, 5.74) is 1.20. The molecule has 1 aliphatic heterocycles. The molecule has 1 heterocycles. The standard InChI is InChI=1S/C9H10AsClO2/c11-10-12-7-6-9(13-10)8-4-2-1-3-5-8/h1-5,9H,6-7H2. The van der Waals surface area contributed by atoms with E-state index >= 15 is 0 Å². The summed E-state index contributed by atoms with van der Waals surface area (Å²) in [5.74, 6) is 0. The van der Waals surface area contributed by atoms with Crippen LogP contribution in [0.25, 0.3) is 0 Å². The number of halogens is 1. The second-order valence-electron chi connectivity index (χ2n) is 2.84. The molecule has 1 aliphatic rings. The third-order valence-electron chi connectivity index (χ3n) is 1.95. The van der Waals surface area contributed by atoms with Crippen molar-refractivity contribution in [1.29, 1.82) is 0 Å². The SMILES string of the molecule is Cl[As]1OCCC(c2ccccc2)O1. The van der Waals surface area contributed by atoms with E-state index in [1.807, 2.05) is 18.2 Å². The second-order valence-corrected chi connectivity index (χ2v) is 6.15. The summed E-state index contributed by atoms with van der Waals surface area (Å²) < 4.78 is 10.8. The van der Waals surface area contributed by atoms with Gasteiger partial charge in [-0.05, 0) is 0 Å². The van der Waals surface area contributed by atoms with Crippen LogP contribution in [-0.2, 0) is 7.45 Å². The van der Waals surface area contributed by atoms with Crippen molar-refractivity contribution >= 4 is 24.3 Å². The number of hydrogen-bond donors (Lipinski definition) is 0. The van der Waals surface area contributed by atoms with Crippen LogP contribution in [0.4, 0.5) is 0 Å². The van der Waals surface area contributed by atoms with Gasteiger partial charge in [0, 0.05) is 0 Å². The van der Waals surface area contributed by atoms with Gasteiger partial charge < -0.3 is 0 Å². The molecule has 0 saturated carbocycles. The first kappa shape index (κ1) is 9.54. The Balaban J connectivity index is 2.08. The first-order valence-electron chi connectivity index (χ1n) is 4.17. The first-order chi connectivity index (χ1) is 6.36. The zero-order valence-electron chi connectivity index (χ0n) is 7.02. The minimum absolute atomic E-state index is 0.146. The average molecular weight is 261 g/mol. The maximum atomic E-state index is 5.86. The molecule has 0 bridgehead atoms. The van der Waals surface area contributed by atoms with Crippen LogP contribution in [-0.4, -0.2) is 21.0 Å². The molecule has 1 fully saturated rings. The van der Waals surface area contributed by atoms with Crippen LogP contribution in [0, 0.1) is 0 Å². The monoisotopic (exact) mass is 260 g/mol. The topological polar surface area (TPSA) is 18.5 Å². The maximum absolute atomic E-state index is 5.86. The van der Waals surface area contributed by atoms with Crippen LogP contribution < -0.4 is 0 Å². The molecule has 2 atom stereocenters. The van der Waals surface area contributed by atoms with Crippen molar-refractivity contribution in [3.8, 4) is 0 Å². The Morgan fingerprint density at radius 1 is 1.31 bits per heavy atom. The Kier molecular flexibility index (Phi) is 3.28. The van der Waals surface area contributed by atoms with Crippen LogP contribution in [0.5, 0.6) is 0 Å². The zero-order chi connectivity index (χ0) is 9.10. The van der Waals surface area contributed by atoms with Gasteiger partial charge in [-0.3, -0.25) is 0 Å². The molecule has 2 unspecified atom stereocenters. The van der Waals surface area contributed by atoms with E-state index in [4.69, 9.17) is 17.4 Å². The fourth-order valence-electron chi connectivity index (χ4n) is 1.31. The van der Waals surface area contributed by atoms with Crippen LogP contribution in [0.2, 0.25) is 0 Å². The van der Waals surface area contributed by atoms with E-state index in [2.05, 4.69) is 12.1 Å². The predicted molar refractivity (Wildman–Crippen MR) is 52.4 cm³/mol. The Morgan fingerprint density at radius 3 is 2.77 bits per heavy atom. The van der Waals surface area contributed by atoms with Crippen molar-refractivity contribution in [2.75, 3.05) is 6.61 Å². The molecular formula is C9H10AsClO2. The molecule has 0 aromatic heterocycles. The van der Waals surface area contributed by atoms with Gasteiger partial charge in [0.05, 0.1) is 0 Å². The van der Waals surface area contributed by atoms with Crippen LogP contribution >= 0.6 is 9.95 Å². The molecule has 70 valence electrons. The van der Waals surface area contributed by atoms with Gasteiger partial charge >= 0.3 is 86.8 Å². The summed E-state index contributed by atoms with van der Waals surface area (Å²) in [6, 6.07) is 10.2. The van der Waals surface area contributed by atoms with E-state index in [1.54, 1.807) is 0 Å². The third-order valence-corrected chi connectivity index (χ3v) is 4.57. The molecule has 1 aromatic rings. The van der Waals surface area contributed by atoms with E-state index in [0.29, 0.717) is 0 Å². The Morgan fingerprint density at radius 2 is 2.08 bits per heavy atom. The minimum atomic E-state index is -1.91. The zero-order valence-corrected chi connectivity index (χ0v) is 9.65. The number of rotatable bonds is 1. The van der Waals surface area contributed by atoms with Crippen molar-refractivity contribution < 1.29 is 7.45 Å². The molecule has 0 spiro atoms. The molecule has 13 heavy (non-hydrogen) atoms. The normalized spacial score (nSPS) is 28.7. The molecular weight excluding hydrogens is 250 g/mol. The Labute approximate surface area is 86.9 Å². The van der Waals surface area contributed by atoms with Gasteiger partial charge in [0.1, 0.15) is 0 Å².